The van der Waals surface area contributed by atoms with Crippen LogP contribution in [0.2, 0.25) is 0 Å². The molecule has 0 rings (SSSR count). The van der Waals surface area contributed by atoms with Crippen LogP contribution in [0.3, 0.4) is 0 Å². The zero-order valence-electron chi connectivity index (χ0n) is 7.64. The van der Waals surface area contributed by atoms with Crippen molar-refractivity contribution in [2.45, 2.75) is 13.8 Å². The molecule has 0 aromatic heterocycles. The third-order valence-corrected chi connectivity index (χ3v) is 8.35. The summed E-state index contributed by atoms with van der Waals surface area (Å²) in [5.74, 6) is 0. The first-order valence-electron chi connectivity index (χ1n) is 4.46. The van der Waals surface area contributed by atoms with Gasteiger partial charge >= 0.3 is 69.2 Å². The molecule has 3 heteroatoms. The summed E-state index contributed by atoms with van der Waals surface area (Å²) in [5.41, 5.74) is 0. The first-order chi connectivity index (χ1) is 5.24. The van der Waals surface area contributed by atoms with Crippen molar-refractivity contribution >= 4 is 7.26 Å². The van der Waals surface area contributed by atoms with Crippen LogP contribution in [0.15, 0.2) is 0 Å². The van der Waals surface area contributed by atoms with E-state index in [-0.39, 0.29) is 0 Å². The SMILES string of the molecule is CC[PH](CC)(CCO)CCO. The molecule has 11 heavy (non-hydrogen) atoms. The Morgan fingerprint density at radius 2 is 1.27 bits per heavy atom. The fraction of sp³-hybridized carbons (Fsp3) is 1.00. The van der Waals surface area contributed by atoms with Gasteiger partial charge < -0.3 is 0 Å². The molecule has 0 aromatic carbocycles. The molecule has 0 saturated heterocycles. The first kappa shape index (κ1) is 11.4. The molecule has 0 amide bonds. The first-order valence-corrected chi connectivity index (χ1v) is 7.29. The van der Waals surface area contributed by atoms with E-state index in [4.69, 9.17) is 10.2 Å². The van der Waals surface area contributed by atoms with Gasteiger partial charge in [-0.05, 0) is 0 Å². The van der Waals surface area contributed by atoms with Gasteiger partial charge in [0.25, 0.3) is 0 Å². The van der Waals surface area contributed by atoms with Crippen molar-refractivity contribution in [1.82, 2.24) is 0 Å². The van der Waals surface area contributed by atoms with Crippen molar-refractivity contribution in [3.63, 3.8) is 0 Å². The minimum absolute atomic E-state index is 0.300. The fourth-order valence-electron chi connectivity index (χ4n) is 1.56. The van der Waals surface area contributed by atoms with Crippen LogP contribution in [-0.4, -0.2) is 48.1 Å². The second-order valence-electron chi connectivity index (χ2n) is 3.15. The van der Waals surface area contributed by atoms with Gasteiger partial charge in [-0.25, -0.2) is 0 Å². The molecular weight excluding hydrogens is 159 g/mol. The Kier molecular flexibility index (Phi) is 6.12. The maximum absolute atomic E-state index is 8.84. The second-order valence-corrected chi connectivity index (χ2v) is 8.57. The fourth-order valence-corrected chi connectivity index (χ4v) is 4.67. The molecule has 0 radical (unpaired) electrons. The zero-order valence-corrected chi connectivity index (χ0v) is 8.64. The van der Waals surface area contributed by atoms with Gasteiger partial charge in [-0.1, -0.05) is 0 Å². The van der Waals surface area contributed by atoms with E-state index in [1.54, 1.807) is 0 Å². The third kappa shape index (κ3) is 3.50. The molecular formula is C8H21O2P. The average molecular weight is 180 g/mol. The average Bonchev–Trinajstić information content (AvgIpc) is 2.04. The molecule has 0 fully saturated rings. The van der Waals surface area contributed by atoms with Crippen LogP contribution in [0.4, 0.5) is 0 Å². The van der Waals surface area contributed by atoms with Crippen molar-refractivity contribution in [3.05, 3.63) is 0 Å². The molecule has 0 heterocycles. The topological polar surface area (TPSA) is 40.5 Å². The van der Waals surface area contributed by atoms with Crippen LogP contribution in [0.25, 0.3) is 0 Å². The Bertz CT molecular complexity index is 84.1. The summed E-state index contributed by atoms with van der Waals surface area (Å²) in [5, 5.41) is 17.7. The van der Waals surface area contributed by atoms with Crippen molar-refractivity contribution in [2.75, 3.05) is 37.9 Å². The summed E-state index contributed by atoms with van der Waals surface area (Å²) in [4.78, 5) is 0. The van der Waals surface area contributed by atoms with Gasteiger partial charge in [0.15, 0.2) is 0 Å². The minimum atomic E-state index is -1.24. The van der Waals surface area contributed by atoms with Gasteiger partial charge in [-0.15, -0.1) is 0 Å². The van der Waals surface area contributed by atoms with Gasteiger partial charge in [0.2, 0.25) is 0 Å². The van der Waals surface area contributed by atoms with E-state index < -0.39 is 7.26 Å². The number of rotatable bonds is 6. The Morgan fingerprint density at radius 3 is 1.45 bits per heavy atom. The number of aliphatic hydroxyl groups excluding tert-OH is 2. The van der Waals surface area contributed by atoms with E-state index in [1.807, 2.05) is 0 Å². The Hall–Kier alpha value is 0.350. The van der Waals surface area contributed by atoms with E-state index in [0.717, 1.165) is 12.3 Å². The summed E-state index contributed by atoms with van der Waals surface area (Å²) in [6.45, 7) is 4.96. The Balaban J connectivity index is 3.96. The monoisotopic (exact) mass is 180 g/mol. The second kappa shape index (κ2) is 5.93. The summed E-state index contributed by atoms with van der Waals surface area (Å²) in [6, 6.07) is 0. The van der Waals surface area contributed by atoms with E-state index in [1.165, 1.54) is 12.3 Å². The molecule has 0 spiro atoms. The molecule has 0 aliphatic rings. The number of hydrogen-bond donors (Lipinski definition) is 2. The molecule has 0 atom stereocenters. The maximum atomic E-state index is 8.84. The molecule has 0 saturated carbocycles. The Morgan fingerprint density at radius 1 is 0.909 bits per heavy atom. The summed E-state index contributed by atoms with van der Waals surface area (Å²) < 4.78 is 0. The van der Waals surface area contributed by atoms with Gasteiger partial charge in [-0.2, -0.15) is 0 Å². The van der Waals surface area contributed by atoms with E-state index in [0.29, 0.717) is 13.2 Å². The molecule has 0 aliphatic carbocycles. The molecule has 0 bridgehead atoms. The van der Waals surface area contributed by atoms with Crippen molar-refractivity contribution < 1.29 is 10.2 Å². The van der Waals surface area contributed by atoms with Crippen molar-refractivity contribution in [1.29, 1.82) is 0 Å². The molecule has 2 nitrogen and oxygen atoms in total. The van der Waals surface area contributed by atoms with Gasteiger partial charge in [0.05, 0.1) is 0 Å². The summed E-state index contributed by atoms with van der Waals surface area (Å²) >= 11 is 0. The molecule has 0 aliphatic heterocycles. The third-order valence-electron chi connectivity index (χ3n) is 2.78. The molecule has 0 unspecified atom stereocenters. The quantitative estimate of drug-likeness (QED) is 0.592. The standard InChI is InChI=1S/C8H21O2P/c1-3-11(4-2,7-5-9)8-6-10/h9-11H,3-8H2,1-2H3. The van der Waals surface area contributed by atoms with Crippen LogP contribution in [-0.2, 0) is 0 Å². The van der Waals surface area contributed by atoms with Crippen LogP contribution in [0, 0.1) is 0 Å². The van der Waals surface area contributed by atoms with E-state index in [2.05, 4.69) is 13.8 Å². The molecule has 70 valence electrons. The molecule has 2 N–H and O–H groups in total. The van der Waals surface area contributed by atoms with Gasteiger partial charge in [-0.3, -0.25) is 0 Å². The van der Waals surface area contributed by atoms with Crippen molar-refractivity contribution in [2.24, 2.45) is 0 Å². The van der Waals surface area contributed by atoms with E-state index in [9.17, 15) is 0 Å². The van der Waals surface area contributed by atoms with Gasteiger partial charge in [0.1, 0.15) is 0 Å². The van der Waals surface area contributed by atoms with Crippen molar-refractivity contribution in [3.8, 4) is 0 Å². The van der Waals surface area contributed by atoms with E-state index >= 15 is 0 Å². The van der Waals surface area contributed by atoms with Crippen LogP contribution in [0.5, 0.6) is 0 Å². The zero-order chi connectivity index (χ0) is 8.74. The number of aliphatic hydroxyl groups is 2. The van der Waals surface area contributed by atoms with Gasteiger partial charge in [0, 0.05) is 0 Å². The normalized spacial score (nSPS) is 13.5. The number of hydrogen-bond acceptors (Lipinski definition) is 2. The predicted molar refractivity (Wildman–Crippen MR) is 53.3 cm³/mol. The van der Waals surface area contributed by atoms with Crippen LogP contribution < -0.4 is 0 Å². The predicted octanol–water partition coefficient (Wildman–Crippen LogP) is 0.761. The molecule has 0 aromatic rings. The Labute approximate surface area is 70.0 Å². The van der Waals surface area contributed by atoms with Crippen LogP contribution in [0.1, 0.15) is 13.8 Å². The summed E-state index contributed by atoms with van der Waals surface area (Å²) in [7, 11) is -1.24. The summed E-state index contributed by atoms with van der Waals surface area (Å²) in [6.07, 6.45) is 4.29. The van der Waals surface area contributed by atoms with Crippen LogP contribution >= 0.6 is 7.26 Å².